The predicted molar refractivity (Wildman–Crippen MR) is 76.1 cm³/mol. The number of rotatable bonds is 4. The monoisotopic (exact) mass is 267 g/mol. The van der Waals surface area contributed by atoms with E-state index in [1.54, 1.807) is 11.3 Å². The fraction of sp³-hybridized carbons (Fsp3) is 0.615. The number of ether oxygens (including phenoxy) is 1. The van der Waals surface area contributed by atoms with Gasteiger partial charge in [0.15, 0.2) is 5.96 Å². The van der Waals surface area contributed by atoms with Gasteiger partial charge in [0.25, 0.3) is 0 Å². The second-order valence-electron chi connectivity index (χ2n) is 5.19. The van der Waals surface area contributed by atoms with E-state index in [0.29, 0.717) is 0 Å². The summed E-state index contributed by atoms with van der Waals surface area (Å²) in [5.41, 5.74) is 1.59. The average Bonchev–Trinajstić information content (AvgIpc) is 2.80. The van der Waals surface area contributed by atoms with Crippen molar-refractivity contribution >= 4 is 17.3 Å². The molecule has 1 fully saturated rings. The largest absolute Gasteiger partial charge is 0.380 e. The van der Waals surface area contributed by atoms with E-state index in [4.69, 9.17) is 4.74 Å². The molecule has 1 aromatic heterocycles. The van der Waals surface area contributed by atoms with Crippen molar-refractivity contribution in [3.05, 3.63) is 22.4 Å². The van der Waals surface area contributed by atoms with Crippen LogP contribution < -0.4 is 5.32 Å². The van der Waals surface area contributed by atoms with Crippen molar-refractivity contribution < 1.29 is 4.74 Å². The fourth-order valence-electron chi connectivity index (χ4n) is 1.96. The highest BCUT2D eigenvalue weighted by Crippen LogP contribution is 2.25. The van der Waals surface area contributed by atoms with Gasteiger partial charge in [-0.1, -0.05) is 6.92 Å². The normalized spacial score (nSPS) is 18.3. The average molecular weight is 267 g/mol. The van der Waals surface area contributed by atoms with Crippen LogP contribution in [0.25, 0.3) is 0 Å². The second kappa shape index (κ2) is 5.71. The van der Waals surface area contributed by atoms with Crippen molar-refractivity contribution in [1.29, 1.82) is 0 Å². The van der Waals surface area contributed by atoms with Gasteiger partial charge in [-0.3, -0.25) is 4.99 Å². The highest BCUT2D eigenvalue weighted by atomic mass is 32.1. The first kappa shape index (κ1) is 13.4. The van der Waals surface area contributed by atoms with Gasteiger partial charge in [0.1, 0.15) is 0 Å². The number of nitrogens with zero attached hydrogens (tertiary/aromatic N) is 2. The van der Waals surface area contributed by atoms with E-state index in [-0.39, 0.29) is 5.41 Å². The van der Waals surface area contributed by atoms with Crippen LogP contribution in [0.4, 0.5) is 0 Å². The summed E-state index contributed by atoms with van der Waals surface area (Å²) in [7, 11) is 3.89. The lowest BCUT2D eigenvalue weighted by atomic mass is 9.89. The Morgan fingerprint density at radius 1 is 1.61 bits per heavy atom. The number of guanidine groups is 1. The van der Waals surface area contributed by atoms with Crippen LogP contribution in [0, 0.1) is 5.41 Å². The molecule has 100 valence electrons. The lowest BCUT2D eigenvalue weighted by molar-refractivity contribution is -0.0972. The summed E-state index contributed by atoms with van der Waals surface area (Å²) in [5, 5.41) is 7.70. The van der Waals surface area contributed by atoms with Crippen molar-refractivity contribution in [3.63, 3.8) is 0 Å². The third-order valence-corrected chi connectivity index (χ3v) is 3.88. The molecule has 0 aliphatic carbocycles. The summed E-state index contributed by atoms with van der Waals surface area (Å²) >= 11 is 1.73. The Labute approximate surface area is 113 Å². The molecule has 1 N–H and O–H groups in total. The summed E-state index contributed by atoms with van der Waals surface area (Å²) < 4.78 is 5.26. The number of hydrogen-bond acceptors (Lipinski definition) is 3. The molecule has 2 rings (SSSR count). The zero-order valence-corrected chi connectivity index (χ0v) is 12.1. The molecule has 18 heavy (non-hydrogen) atoms. The minimum absolute atomic E-state index is 0.263. The molecular weight excluding hydrogens is 246 g/mol. The van der Waals surface area contributed by atoms with Crippen molar-refractivity contribution in [2.24, 2.45) is 10.4 Å². The third kappa shape index (κ3) is 3.23. The fourth-order valence-corrected chi connectivity index (χ4v) is 2.62. The Morgan fingerprint density at radius 3 is 2.89 bits per heavy atom. The molecule has 0 radical (unpaired) electrons. The van der Waals surface area contributed by atoms with Gasteiger partial charge >= 0.3 is 0 Å². The first-order valence-corrected chi connectivity index (χ1v) is 7.08. The molecule has 1 aromatic rings. The lowest BCUT2D eigenvalue weighted by Crippen LogP contribution is -2.51. The first-order chi connectivity index (χ1) is 8.63. The molecule has 0 spiro atoms. The Balaban J connectivity index is 1.84. The van der Waals surface area contributed by atoms with E-state index in [1.807, 2.05) is 7.05 Å². The maximum absolute atomic E-state index is 5.26. The van der Waals surface area contributed by atoms with Crippen molar-refractivity contribution in [2.45, 2.75) is 13.5 Å². The topological polar surface area (TPSA) is 36.9 Å². The molecular formula is C13H21N3OS. The predicted octanol–water partition coefficient (Wildman–Crippen LogP) is 1.79. The summed E-state index contributed by atoms with van der Waals surface area (Å²) in [6, 6.07) is 2.15. The quantitative estimate of drug-likeness (QED) is 0.667. The number of aliphatic imine (C=N–C) groups is 1. The highest BCUT2D eigenvalue weighted by molar-refractivity contribution is 7.07. The van der Waals surface area contributed by atoms with Crippen LogP contribution in [-0.2, 0) is 11.3 Å². The van der Waals surface area contributed by atoms with Gasteiger partial charge in [-0.05, 0) is 22.4 Å². The van der Waals surface area contributed by atoms with E-state index in [0.717, 1.165) is 32.3 Å². The number of nitrogens with one attached hydrogen (secondary N) is 1. The standard InChI is InChI=1S/C13H21N3OS/c1-13(9-17-10-13)8-15-12(14-2)16(3)6-11-4-5-18-7-11/h4-5,7H,6,8-10H2,1-3H3,(H,14,15). The Kier molecular flexibility index (Phi) is 4.24. The zero-order valence-electron chi connectivity index (χ0n) is 11.3. The van der Waals surface area contributed by atoms with E-state index >= 15 is 0 Å². The van der Waals surface area contributed by atoms with Gasteiger partial charge < -0.3 is 15.0 Å². The molecule has 1 aliphatic rings. The van der Waals surface area contributed by atoms with E-state index in [1.165, 1.54) is 5.56 Å². The minimum Gasteiger partial charge on any atom is -0.380 e. The zero-order chi connectivity index (χ0) is 13.0. The second-order valence-corrected chi connectivity index (χ2v) is 5.97. The summed E-state index contributed by atoms with van der Waals surface area (Å²) in [5.74, 6) is 0.939. The van der Waals surface area contributed by atoms with Gasteiger partial charge in [0, 0.05) is 32.6 Å². The molecule has 1 saturated heterocycles. The van der Waals surface area contributed by atoms with E-state index < -0.39 is 0 Å². The van der Waals surface area contributed by atoms with Crippen LogP contribution in [0.15, 0.2) is 21.8 Å². The Hall–Kier alpha value is -1.07. The summed E-state index contributed by atoms with van der Waals surface area (Å²) in [6.07, 6.45) is 0. The van der Waals surface area contributed by atoms with Crippen molar-refractivity contribution in [1.82, 2.24) is 10.2 Å². The molecule has 0 unspecified atom stereocenters. The molecule has 1 aliphatic heterocycles. The van der Waals surface area contributed by atoms with Crippen molar-refractivity contribution in [2.75, 3.05) is 33.9 Å². The van der Waals surface area contributed by atoms with Crippen LogP contribution in [0.1, 0.15) is 12.5 Å². The molecule has 4 nitrogen and oxygen atoms in total. The molecule has 0 amide bonds. The van der Waals surface area contributed by atoms with Gasteiger partial charge in [-0.15, -0.1) is 0 Å². The van der Waals surface area contributed by atoms with E-state index in [9.17, 15) is 0 Å². The van der Waals surface area contributed by atoms with Crippen LogP contribution >= 0.6 is 11.3 Å². The van der Waals surface area contributed by atoms with Crippen LogP contribution in [0.5, 0.6) is 0 Å². The first-order valence-electron chi connectivity index (χ1n) is 6.14. The number of hydrogen-bond donors (Lipinski definition) is 1. The van der Waals surface area contributed by atoms with Gasteiger partial charge in [0.2, 0.25) is 0 Å². The smallest absolute Gasteiger partial charge is 0.193 e. The van der Waals surface area contributed by atoms with Gasteiger partial charge in [-0.25, -0.2) is 0 Å². The lowest BCUT2D eigenvalue weighted by Gasteiger charge is -2.39. The maximum atomic E-state index is 5.26. The van der Waals surface area contributed by atoms with Crippen LogP contribution in [0.2, 0.25) is 0 Å². The molecule has 5 heteroatoms. The van der Waals surface area contributed by atoms with Gasteiger partial charge in [-0.2, -0.15) is 11.3 Å². The highest BCUT2D eigenvalue weighted by Gasteiger charge is 2.33. The van der Waals surface area contributed by atoms with Gasteiger partial charge in [0.05, 0.1) is 13.2 Å². The van der Waals surface area contributed by atoms with Crippen LogP contribution in [0.3, 0.4) is 0 Å². The number of thiophene rings is 1. The van der Waals surface area contributed by atoms with E-state index in [2.05, 4.69) is 46.0 Å². The molecule has 0 bridgehead atoms. The Morgan fingerprint density at radius 2 is 2.39 bits per heavy atom. The molecule has 0 atom stereocenters. The third-order valence-electron chi connectivity index (χ3n) is 3.15. The van der Waals surface area contributed by atoms with Crippen LogP contribution in [-0.4, -0.2) is 44.7 Å². The van der Waals surface area contributed by atoms with Crippen molar-refractivity contribution in [3.8, 4) is 0 Å². The SMILES string of the molecule is CN=C(NCC1(C)COC1)N(C)Cc1ccsc1. The molecule has 0 saturated carbocycles. The molecule has 2 heterocycles. The molecule has 0 aromatic carbocycles. The summed E-state index contributed by atoms with van der Waals surface area (Å²) in [4.78, 5) is 6.47. The summed E-state index contributed by atoms with van der Waals surface area (Å²) in [6.45, 7) is 5.70. The maximum Gasteiger partial charge on any atom is 0.193 e. The Bertz CT molecular complexity index is 398. The minimum atomic E-state index is 0.263.